The van der Waals surface area contributed by atoms with E-state index in [-0.39, 0.29) is 91.8 Å². The third kappa shape index (κ3) is 20.3. The van der Waals surface area contributed by atoms with Crippen molar-refractivity contribution in [2.75, 3.05) is 39.3 Å². The van der Waals surface area contributed by atoms with Gasteiger partial charge in [0.15, 0.2) is 0 Å². The zero-order valence-corrected chi connectivity index (χ0v) is 17.9. The smallest absolute Gasteiger partial charge is 1.00 e. The van der Waals surface area contributed by atoms with Gasteiger partial charge in [-0.05, 0) is 0 Å². The second-order valence-corrected chi connectivity index (χ2v) is 4.00. The third-order valence-electron chi connectivity index (χ3n) is 2.17. The van der Waals surface area contributed by atoms with Gasteiger partial charge < -0.3 is 23.3 Å². The molecule has 0 aromatic carbocycles. The summed E-state index contributed by atoms with van der Waals surface area (Å²) in [5, 5.41) is 34.5. The van der Waals surface area contributed by atoms with Crippen molar-refractivity contribution in [3.05, 3.63) is 0 Å². The Morgan fingerprint density at radius 1 is 0.609 bits per heavy atom. The molecule has 0 atom stereocenters. The van der Waals surface area contributed by atoms with Crippen LogP contribution in [0.25, 0.3) is 0 Å². The minimum absolute atomic E-state index is 0. The van der Waals surface area contributed by atoms with Crippen LogP contribution in [-0.4, -0.2) is 93.4 Å². The van der Waals surface area contributed by atoms with Gasteiger partial charge in [0.25, 0.3) is 0 Å². The molecule has 0 heterocycles. The molecule has 0 aromatic heterocycles. The molecule has 0 saturated heterocycles. The number of nitrogens with zero attached hydrogens (tertiary/aromatic N) is 2. The van der Waals surface area contributed by atoms with Crippen molar-refractivity contribution in [1.82, 2.24) is 9.80 Å². The van der Waals surface area contributed by atoms with Crippen LogP contribution in [0.2, 0.25) is 0 Å². The third-order valence-corrected chi connectivity index (χ3v) is 2.17. The van der Waals surface area contributed by atoms with Crippen LogP contribution in [0.1, 0.15) is 2.85 Å². The molecular weight excluding hydrogens is 381 g/mol. The van der Waals surface area contributed by atoms with E-state index in [1.165, 1.54) is 0 Å². The van der Waals surface area contributed by atoms with E-state index in [0.29, 0.717) is 0 Å². The molecule has 0 aromatic rings. The molecule has 0 aliphatic rings. The van der Waals surface area contributed by atoms with Crippen LogP contribution in [0.15, 0.2) is 0 Å². The molecule has 0 amide bonds. The van der Waals surface area contributed by atoms with Crippen LogP contribution in [-0.2, 0) is 36.0 Å². The first-order chi connectivity index (χ1) is 9.20. The van der Waals surface area contributed by atoms with Gasteiger partial charge in [0.2, 0.25) is 0 Å². The molecule has 0 aliphatic carbocycles. The van der Waals surface area contributed by atoms with Gasteiger partial charge in [-0.15, -0.1) is 0 Å². The molecule has 0 bridgehead atoms. The Labute approximate surface area is 189 Å². The largest absolute Gasteiger partial charge is 1.00 e. The molecular formula is C10H18CoN2Na2O8. The Morgan fingerprint density at radius 2 is 0.783 bits per heavy atom. The van der Waals surface area contributed by atoms with Crippen LogP contribution in [0.4, 0.5) is 0 Å². The van der Waals surface area contributed by atoms with Crippen molar-refractivity contribution >= 4 is 23.9 Å². The maximum atomic E-state index is 10.6. The van der Waals surface area contributed by atoms with Gasteiger partial charge in [-0.1, -0.05) is 0 Å². The van der Waals surface area contributed by atoms with Crippen molar-refractivity contribution < 1.29 is 118 Å². The maximum absolute atomic E-state index is 10.6. The Hall–Kier alpha value is 0.306. The molecule has 0 spiro atoms. The molecule has 0 aliphatic heterocycles. The van der Waals surface area contributed by atoms with Gasteiger partial charge in [-0.25, -0.2) is 0 Å². The number of carboxylic acid groups (broad SMARTS) is 4. The van der Waals surface area contributed by atoms with E-state index < -0.39 is 50.1 Å². The first-order valence-electron chi connectivity index (χ1n) is 5.52. The molecule has 4 N–H and O–H groups in total. The molecule has 0 saturated carbocycles. The van der Waals surface area contributed by atoms with Crippen molar-refractivity contribution in [1.29, 1.82) is 0 Å². The summed E-state index contributed by atoms with van der Waals surface area (Å²) in [6.07, 6.45) is 0. The van der Waals surface area contributed by atoms with Crippen molar-refractivity contribution in [2.24, 2.45) is 0 Å². The Morgan fingerprint density at radius 3 is 0.913 bits per heavy atom. The predicted octanol–water partition coefficient (Wildman–Crippen LogP) is -7.84. The Kier molecular flexibility index (Phi) is 23.2. The van der Waals surface area contributed by atoms with Crippen LogP contribution >= 0.6 is 0 Å². The fraction of sp³-hybridized carbons (Fsp3) is 0.600. The average Bonchev–Trinajstić information content (AvgIpc) is 2.22. The molecule has 127 valence electrons. The van der Waals surface area contributed by atoms with E-state index in [1.807, 2.05) is 0 Å². The van der Waals surface area contributed by atoms with E-state index in [9.17, 15) is 19.2 Å². The van der Waals surface area contributed by atoms with Crippen LogP contribution in [0.3, 0.4) is 0 Å². The number of hydrogen-bond donors (Lipinski definition) is 4. The summed E-state index contributed by atoms with van der Waals surface area (Å²) in [6, 6.07) is 0. The topological polar surface area (TPSA) is 156 Å². The summed E-state index contributed by atoms with van der Waals surface area (Å²) >= 11 is 0. The Bertz CT molecular complexity index is 341. The standard InChI is InChI=1S/C10H16N2O8.Co.2Na.2H/c13-7(14)3-11(4-8(15)16)1-2-12(5-9(17)18)6-10(19)20;;;;;/h1-6H2,(H,13,14)(H,15,16)(H,17,18)(H,19,20);;;;;/q;;2*+1;2*-1. The normalized spacial score (nSPS) is 9.30. The monoisotopic (exact) mass is 399 g/mol. The van der Waals surface area contributed by atoms with Crippen LogP contribution < -0.4 is 59.1 Å². The minimum Gasteiger partial charge on any atom is -1.00 e. The number of carbonyl (C=O) groups is 4. The van der Waals surface area contributed by atoms with Crippen LogP contribution in [0, 0.1) is 0 Å². The van der Waals surface area contributed by atoms with Crippen molar-refractivity contribution in [3.8, 4) is 0 Å². The second-order valence-electron chi connectivity index (χ2n) is 4.00. The van der Waals surface area contributed by atoms with E-state index in [1.54, 1.807) is 0 Å². The van der Waals surface area contributed by atoms with Crippen LogP contribution in [0.5, 0.6) is 0 Å². The van der Waals surface area contributed by atoms with E-state index in [4.69, 9.17) is 20.4 Å². The fourth-order valence-electron chi connectivity index (χ4n) is 1.48. The summed E-state index contributed by atoms with van der Waals surface area (Å²) in [4.78, 5) is 44.4. The number of aliphatic carboxylic acids is 4. The van der Waals surface area contributed by atoms with Gasteiger partial charge >= 0.3 is 83.0 Å². The van der Waals surface area contributed by atoms with Gasteiger partial charge in [0.05, 0.1) is 26.2 Å². The maximum Gasteiger partial charge on any atom is 1.00 e. The summed E-state index contributed by atoms with van der Waals surface area (Å²) in [5.41, 5.74) is 0. The summed E-state index contributed by atoms with van der Waals surface area (Å²) in [6.45, 7) is -2.25. The van der Waals surface area contributed by atoms with E-state index >= 15 is 0 Å². The first-order valence-corrected chi connectivity index (χ1v) is 5.52. The first kappa shape index (κ1) is 31.1. The zero-order valence-electron chi connectivity index (χ0n) is 14.9. The number of hydrogen-bond acceptors (Lipinski definition) is 6. The fourth-order valence-corrected chi connectivity index (χ4v) is 1.48. The van der Waals surface area contributed by atoms with Crippen molar-refractivity contribution in [3.63, 3.8) is 0 Å². The predicted molar refractivity (Wildman–Crippen MR) is 65.6 cm³/mol. The Balaban J connectivity index is -0.000000180. The molecule has 0 rings (SSSR count). The molecule has 0 unspecified atom stereocenters. The summed E-state index contributed by atoms with van der Waals surface area (Å²) in [7, 11) is 0. The molecule has 0 fully saturated rings. The number of carboxylic acids is 4. The van der Waals surface area contributed by atoms with Crippen molar-refractivity contribution in [2.45, 2.75) is 0 Å². The zero-order chi connectivity index (χ0) is 15.7. The molecule has 1 radical (unpaired) electrons. The van der Waals surface area contributed by atoms with Gasteiger partial charge in [-0.2, -0.15) is 0 Å². The molecule has 23 heavy (non-hydrogen) atoms. The van der Waals surface area contributed by atoms with Gasteiger partial charge in [-0.3, -0.25) is 29.0 Å². The van der Waals surface area contributed by atoms with Gasteiger partial charge in [0.1, 0.15) is 0 Å². The summed E-state index contributed by atoms with van der Waals surface area (Å²) in [5.74, 6) is -4.91. The number of rotatable bonds is 11. The average molecular weight is 399 g/mol. The molecule has 10 nitrogen and oxygen atoms in total. The molecule has 13 heteroatoms. The summed E-state index contributed by atoms with van der Waals surface area (Å²) < 4.78 is 0. The quantitative estimate of drug-likeness (QED) is 0.246. The second kappa shape index (κ2) is 17.1. The van der Waals surface area contributed by atoms with E-state index in [2.05, 4.69) is 0 Å². The minimum atomic E-state index is -1.23. The van der Waals surface area contributed by atoms with Gasteiger partial charge in [0, 0.05) is 29.9 Å². The SMILES string of the molecule is O=C(O)CN(CCN(CC(=O)O)CC(=O)O)CC(=O)O.[Co].[H-].[H-].[Na+].[Na+]. The van der Waals surface area contributed by atoms with E-state index in [0.717, 1.165) is 9.80 Å².